The minimum atomic E-state index is -4.73. The summed E-state index contributed by atoms with van der Waals surface area (Å²) in [5.41, 5.74) is 2.61. The fourth-order valence-corrected chi connectivity index (χ4v) is 4.06. The van der Waals surface area contributed by atoms with Gasteiger partial charge in [-0.3, -0.25) is 14.3 Å². The summed E-state index contributed by atoms with van der Waals surface area (Å²) in [6, 6.07) is 13.5. The third-order valence-electron chi connectivity index (χ3n) is 5.32. The second kappa shape index (κ2) is 10.6. The number of alkyl halides is 3. The molecule has 0 bridgehead atoms. The van der Waals surface area contributed by atoms with Crippen LogP contribution in [0.5, 0.6) is 5.75 Å². The number of piperazine rings is 1. The number of fused-ring (bicyclic) bond motifs is 1. The number of nitrogens with zero attached hydrogens (tertiary/aromatic N) is 2. The van der Waals surface area contributed by atoms with Crippen molar-refractivity contribution in [2.45, 2.75) is 19.3 Å². The predicted molar refractivity (Wildman–Crippen MR) is 122 cm³/mol. The number of aromatic nitrogens is 1. The molecule has 1 aliphatic heterocycles. The van der Waals surface area contributed by atoms with Crippen molar-refractivity contribution in [3.8, 4) is 5.75 Å². The molecule has 1 fully saturated rings. The number of hydrogen-bond acceptors (Lipinski definition) is 4. The van der Waals surface area contributed by atoms with Crippen LogP contribution >= 0.6 is 24.8 Å². The smallest absolute Gasteiger partial charge is 0.406 e. The summed E-state index contributed by atoms with van der Waals surface area (Å²) in [6.07, 6.45) is -2.88. The van der Waals surface area contributed by atoms with Gasteiger partial charge >= 0.3 is 6.36 Å². The standard InChI is InChI=1S/C22H22F3N3O2.2ClH/c1-15(29)28-14-19(18-4-2-3-5-20(18)28)21(27-12-10-26-11-13-27)16-6-8-17(9-7-16)30-22(23,24)25;;/h2-9,14,21,26H,10-13H2,1H3;2*1H/t21-;;/m0../s1. The molecule has 0 spiro atoms. The van der Waals surface area contributed by atoms with Crippen molar-refractivity contribution >= 4 is 41.6 Å². The van der Waals surface area contributed by atoms with E-state index >= 15 is 0 Å². The lowest BCUT2D eigenvalue weighted by Gasteiger charge is -2.35. The molecule has 1 saturated heterocycles. The quantitative estimate of drug-likeness (QED) is 0.557. The minimum absolute atomic E-state index is 0. The molecule has 2 aromatic carbocycles. The topological polar surface area (TPSA) is 46.5 Å². The van der Waals surface area contributed by atoms with E-state index < -0.39 is 6.36 Å². The molecule has 3 aromatic rings. The van der Waals surface area contributed by atoms with Crippen LogP contribution < -0.4 is 10.1 Å². The first kappa shape index (κ1) is 26.0. The van der Waals surface area contributed by atoms with Crippen molar-refractivity contribution in [1.82, 2.24) is 14.8 Å². The molecule has 0 amide bonds. The third-order valence-corrected chi connectivity index (χ3v) is 5.32. The van der Waals surface area contributed by atoms with E-state index in [9.17, 15) is 18.0 Å². The second-order valence-corrected chi connectivity index (χ2v) is 7.30. The van der Waals surface area contributed by atoms with E-state index in [1.807, 2.05) is 30.5 Å². The maximum absolute atomic E-state index is 12.5. The number of rotatable bonds is 4. The van der Waals surface area contributed by atoms with Crippen molar-refractivity contribution in [3.63, 3.8) is 0 Å². The predicted octanol–water partition coefficient (Wildman–Crippen LogP) is 5.04. The molecular formula is C22H24Cl2F3N3O2. The summed E-state index contributed by atoms with van der Waals surface area (Å²) in [6.45, 7) is 4.71. The molecule has 2 heterocycles. The van der Waals surface area contributed by atoms with Gasteiger partial charge in [0.2, 0.25) is 5.91 Å². The zero-order valence-corrected chi connectivity index (χ0v) is 18.9. The maximum atomic E-state index is 12.5. The lowest BCUT2D eigenvalue weighted by Crippen LogP contribution is -2.45. The van der Waals surface area contributed by atoms with Gasteiger partial charge in [0.15, 0.2) is 0 Å². The normalized spacial score (nSPS) is 15.5. The van der Waals surface area contributed by atoms with Crippen LogP contribution in [0, 0.1) is 0 Å². The third kappa shape index (κ3) is 5.56. The van der Waals surface area contributed by atoms with E-state index in [0.717, 1.165) is 48.2 Å². The highest BCUT2D eigenvalue weighted by Crippen LogP contribution is 2.36. The Bertz CT molecular complexity index is 1050. The van der Waals surface area contributed by atoms with Crippen LogP contribution in [0.2, 0.25) is 0 Å². The zero-order valence-electron chi connectivity index (χ0n) is 17.3. The molecule has 174 valence electrons. The minimum Gasteiger partial charge on any atom is -0.406 e. The van der Waals surface area contributed by atoms with Gasteiger partial charge in [-0.15, -0.1) is 38.0 Å². The van der Waals surface area contributed by atoms with Crippen LogP contribution in [0.25, 0.3) is 10.9 Å². The molecule has 32 heavy (non-hydrogen) atoms. The number of carbonyl (C=O) groups excluding carboxylic acids is 1. The Hall–Kier alpha value is -2.26. The maximum Gasteiger partial charge on any atom is 0.573 e. The Morgan fingerprint density at radius 1 is 1.03 bits per heavy atom. The summed E-state index contributed by atoms with van der Waals surface area (Å²) in [7, 11) is 0. The Morgan fingerprint density at radius 3 is 2.25 bits per heavy atom. The molecule has 5 nitrogen and oxygen atoms in total. The monoisotopic (exact) mass is 489 g/mol. The van der Waals surface area contributed by atoms with Crippen LogP contribution in [0.1, 0.15) is 28.9 Å². The molecule has 10 heteroatoms. The van der Waals surface area contributed by atoms with E-state index in [1.165, 1.54) is 19.1 Å². The zero-order chi connectivity index (χ0) is 21.3. The molecule has 1 N–H and O–H groups in total. The summed E-state index contributed by atoms with van der Waals surface area (Å²) in [5.74, 6) is -0.345. The van der Waals surface area contributed by atoms with Crippen molar-refractivity contribution in [3.05, 3.63) is 65.9 Å². The van der Waals surface area contributed by atoms with Crippen LogP contribution in [-0.4, -0.2) is 47.9 Å². The van der Waals surface area contributed by atoms with Crippen molar-refractivity contribution in [2.24, 2.45) is 0 Å². The fourth-order valence-electron chi connectivity index (χ4n) is 4.06. The first-order valence-electron chi connectivity index (χ1n) is 9.75. The Morgan fingerprint density at radius 2 is 1.66 bits per heavy atom. The molecule has 0 saturated carbocycles. The van der Waals surface area contributed by atoms with Gasteiger partial charge < -0.3 is 10.1 Å². The van der Waals surface area contributed by atoms with Gasteiger partial charge in [-0.05, 0) is 29.3 Å². The highest BCUT2D eigenvalue weighted by Gasteiger charge is 2.32. The van der Waals surface area contributed by atoms with Gasteiger partial charge in [0.05, 0.1) is 11.6 Å². The summed E-state index contributed by atoms with van der Waals surface area (Å²) in [5, 5.41) is 4.27. The van der Waals surface area contributed by atoms with Crippen molar-refractivity contribution in [2.75, 3.05) is 26.2 Å². The van der Waals surface area contributed by atoms with Gasteiger partial charge in [0.25, 0.3) is 0 Å². The van der Waals surface area contributed by atoms with Crippen LogP contribution in [-0.2, 0) is 0 Å². The number of benzene rings is 2. The van der Waals surface area contributed by atoms with E-state index in [0.29, 0.717) is 0 Å². The number of carbonyl (C=O) groups is 1. The SMILES string of the molecule is CC(=O)n1cc([C@H](c2ccc(OC(F)(F)F)cc2)N2CCNCC2)c2ccccc21.Cl.Cl. The molecule has 0 radical (unpaired) electrons. The second-order valence-electron chi connectivity index (χ2n) is 7.30. The summed E-state index contributed by atoms with van der Waals surface area (Å²) < 4.78 is 43.3. The number of hydrogen-bond donors (Lipinski definition) is 1. The highest BCUT2D eigenvalue weighted by molar-refractivity contribution is 5.94. The highest BCUT2D eigenvalue weighted by atomic mass is 35.5. The van der Waals surface area contributed by atoms with Crippen molar-refractivity contribution in [1.29, 1.82) is 0 Å². The van der Waals surface area contributed by atoms with Crippen LogP contribution in [0.15, 0.2) is 54.7 Å². The van der Waals surface area contributed by atoms with Crippen LogP contribution in [0.3, 0.4) is 0 Å². The summed E-state index contributed by atoms with van der Waals surface area (Å²) >= 11 is 0. The number of ether oxygens (including phenoxy) is 1. The van der Waals surface area contributed by atoms with Gasteiger partial charge in [-0.1, -0.05) is 30.3 Å². The first-order valence-corrected chi connectivity index (χ1v) is 9.75. The van der Waals surface area contributed by atoms with E-state index in [4.69, 9.17) is 0 Å². The molecule has 0 unspecified atom stereocenters. The van der Waals surface area contributed by atoms with Crippen LogP contribution in [0.4, 0.5) is 13.2 Å². The average Bonchev–Trinajstić information content (AvgIpc) is 3.09. The Kier molecular flexibility index (Phi) is 8.59. The Balaban J connectivity index is 0.00000181. The average molecular weight is 490 g/mol. The molecule has 1 aliphatic rings. The first-order chi connectivity index (χ1) is 14.3. The van der Waals surface area contributed by atoms with E-state index in [-0.39, 0.29) is 42.5 Å². The lowest BCUT2D eigenvalue weighted by molar-refractivity contribution is -0.274. The van der Waals surface area contributed by atoms with Gasteiger partial charge in [0, 0.05) is 44.7 Å². The molecule has 0 aliphatic carbocycles. The van der Waals surface area contributed by atoms with E-state index in [1.54, 1.807) is 16.7 Å². The van der Waals surface area contributed by atoms with Gasteiger partial charge in [0.1, 0.15) is 5.75 Å². The number of nitrogens with one attached hydrogen (secondary N) is 1. The van der Waals surface area contributed by atoms with Gasteiger partial charge in [-0.25, -0.2) is 0 Å². The summed E-state index contributed by atoms with van der Waals surface area (Å²) in [4.78, 5) is 14.5. The van der Waals surface area contributed by atoms with Crippen molar-refractivity contribution < 1.29 is 22.7 Å². The molecule has 4 rings (SSSR count). The Labute approximate surface area is 196 Å². The number of para-hydroxylation sites is 1. The fraction of sp³-hybridized carbons (Fsp3) is 0.318. The largest absolute Gasteiger partial charge is 0.573 e. The molecule has 1 atom stereocenters. The molecular weight excluding hydrogens is 466 g/mol. The number of halogens is 5. The lowest BCUT2D eigenvalue weighted by atomic mass is 9.96. The van der Waals surface area contributed by atoms with E-state index in [2.05, 4.69) is 15.0 Å². The molecule has 1 aromatic heterocycles. The van der Waals surface area contributed by atoms with Gasteiger partial charge in [-0.2, -0.15) is 0 Å².